The zero-order valence-electron chi connectivity index (χ0n) is 11.5. The van der Waals surface area contributed by atoms with Crippen LogP contribution in [0.25, 0.3) is 0 Å². The molecule has 1 amide bonds. The van der Waals surface area contributed by atoms with E-state index in [1.165, 1.54) is 6.20 Å². The zero-order valence-corrected chi connectivity index (χ0v) is 11.5. The van der Waals surface area contributed by atoms with Gasteiger partial charge in [-0.05, 0) is 26.7 Å². The molecule has 2 atom stereocenters. The van der Waals surface area contributed by atoms with Crippen molar-refractivity contribution < 1.29 is 14.7 Å². The molecule has 1 fully saturated rings. The van der Waals surface area contributed by atoms with Gasteiger partial charge in [0.05, 0.1) is 17.2 Å². The summed E-state index contributed by atoms with van der Waals surface area (Å²) in [5.74, 6) is -1.13. The molecule has 1 aliphatic heterocycles. The first-order chi connectivity index (χ1) is 9.40. The number of aryl methyl sites for hydroxylation is 1. The second kappa shape index (κ2) is 5.44. The van der Waals surface area contributed by atoms with E-state index in [-0.39, 0.29) is 23.4 Å². The van der Waals surface area contributed by atoms with Crippen LogP contribution in [-0.2, 0) is 4.79 Å². The number of rotatable bonds is 3. The Balaban J connectivity index is 2.27. The Kier molecular flexibility index (Phi) is 3.87. The third kappa shape index (κ3) is 2.71. The normalized spacial score (nSPS) is 22.6. The first-order valence-electron chi connectivity index (χ1n) is 6.53. The summed E-state index contributed by atoms with van der Waals surface area (Å²) >= 11 is 0. The first-order valence-corrected chi connectivity index (χ1v) is 6.53. The molecule has 108 valence electrons. The lowest BCUT2D eigenvalue weighted by molar-refractivity contribution is -0.122. The smallest absolute Gasteiger partial charge is 0.339 e. The minimum Gasteiger partial charge on any atom is -0.478 e. The Morgan fingerprint density at radius 1 is 1.45 bits per heavy atom. The Morgan fingerprint density at radius 3 is 2.70 bits per heavy atom. The number of carbonyl (C=O) groups is 2. The number of nitrogens with zero attached hydrogens (tertiary/aromatic N) is 3. The van der Waals surface area contributed by atoms with Gasteiger partial charge in [-0.25, -0.2) is 14.8 Å². The number of primary amides is 1. The molecule has 0 aliphatic carbocycles. The van der Waals surface area contributed by atoms with E-state index in [2.05, 4.69) is 9.97 Å². The molecule has 2 unspecified atom stereocenters. The SMILES string of the molecule is Cc1nc(N2CC(C(N)=O)CCC2C)ncc1C(=O)O. The second-order valence-corrected chi connectivity index (χ2v) is 5.15. The predicted octanol–water partition coefficient (Wildman–Crippen LogP) is 0.573. The van der Waals surface area contributed by atoms with Crippen LogP contribution in [0.5, 0.6) is 0 Å². The van der Waals surface area contributed by atoms with Gasteiger partial charge in [-0.2, -0.15) is 0 Å². The lowest BCUT2D eigenvalue weighted by Crippen LogP contribution is -2.46. The highest BCUT2D eigenvalue weighted by atomic mass is 16.4. The van der Waals surface area contributed by atoms with E-state index in [0.29, 0.717) is 18.2 Å². The maximum atomic E-state index is 11.3. The highest BCUT2D eigenvalue weighted by Crippen LogP contribution is 2.25. The van der Waals surface area contributed by atoms with Gasteiger partial charge in [0.1, 0.15) is 0 Å². The maximum absolute atomic E-state index is 11.3. The lowest BCUT2D eigenvalue weighted by Gasteiger charge is -2.36. The van der Waals surface area contributed by atoms with Crippen molar-refractivity contribution in [2.45, 2.75) is 32.7 Å². The second-order valence-electron chi connectivity index (χ2n) is 5.15. The van der Waals surface area contributed by atoms with Crippen LogP contribution in [0.1, 0.15) is 35.8 Å². The maximum Gasteiger partial charge on any atom is 0.339 e. The molecule has 1 aromatic heterocycles. The van der Waals surface area contributed by atoms with Gasteiger partial charge in [-0.3, -0.25) is 4.79 Å². The molecule has 1 saturated heterocycles. The van der Waals surface area contributed by atoms with Crippen LogP contribution in [0.4, 0.5) is 5.95 Å². The fraction of sp³-hybridized carbons (Fsp3) is 0.538. The van der Waals surface area contributed by atoms with Gasteiger partial charge >= 0.3 is 5.97 Å². The molecular weight excluding hydrogens is 260 g/mol. The standard InChI is InChI=1S/C13H18N4O3/c1-7-3-4-9(11(14)18)6-17(7)13-15-5-10(12(19)20)8(2)16-13/h5,7,9H,3-4,6H2,1-2H3,(H2,14,18)(H,19,20). The van der Waals surface area contributed by atoms with Crippen molar-refractivity contribution in [2.75, 3.05) is 11.4 Å². The summed E-state index contributed by atoms with van der Waals surface area (Å²) in [5, 5.41) is 8.98. The van der Waals surface area contributed by atoms with Crippen LogP contribution < -0.4 is 10.6 Å². The van der Waals surface area contributed by atoms with Gasteiger partial charge in [0, 0.05) is 18.8 Å². The minimum absolute atomic E-state index is 0.0878. The van der Waals surface area contributed by atoms with Crippen LogP contribution in [0.2, 0.25) is 0 Å². The molecule has 1 aliphatic rings. The molecule has 0 saturated carbocycles. The number of carboxylic acid groups (broad SMARTS) is 1. The zero-order chi connectivity index (χ0) is 14.9. The number of carboxylic acids is 1. The summed E-state index contributed by atoms with van der Waals surface area (Å²) in [6, 6.07) is 0.195. The van der Waals surface area contributed by atoms with Crippen molar-refractivity contribution in [2.24, 2.45) is 11.7 Å². The van der Waals surface area contributed by atoms with E-state index in [4.69, 9.17) is 10.8 Å². The fourth-order valence-electron chi connectivity index (χ4n) is 2.42. The number of amides is 1. The Morgan fingerprint density at radius 2 is 2.15 bits per heavy atom. The molecule has 7 nitrogen and oxygen atoms in total. The average Bonchev–Trinajstić information content (AvgIpc) is 2.38. The number of hydrogen-bond acceptors (Lipinski definition) is 5. The summed E-state index contributed by atoms with van der Waals surface area (Å²) in [6.45, 7) is 4.14. The van der Waals surface area contributed by atoms with E-state index < -0.39 is 5.97 Å². The summed E-state index contributed by atoms with van der Waals surface area (Å²) in [7, 11) is 0. The van der Waals surface area contributed by atoms with Gasteiger partial charge in [-0.15, -0.1) is 0 Å². The molecule has 0 spiro atoms. The van der Waals surface area contributed by atoms with Gasteiger partial charge in [0.15, 0.2) is 0 Å². The van der Waals surface area contributed by atoms with Crippen molar-refractivity contribution in [1.29, 1.82) is 0 Å². The van der Waals surface area contributed by atoms with Crippen molar-refractivity contribution in [3.63, 3.8) is 0 Å². The number of aromatic carboxylic acids is 1. The molecular formula is C13H18N4O3. The summed E-state index contributed by atoms with van der Waals surface area (Å²) in [4.78, 5) is 32.6. The molecule has 20 heavy (non-hydrogen) atoms. The number of aromatic nitrogens is 2. The Hall–Kier alpha value is -2.18. The van der Waals surface area contributed by atoms with Crippen molar-refractivity contribution in [3.8, 4) is 0 Å². The molecule has 2 rings (SSSR count). The number of carbonyl (C=O) groups excluding carboxylic acids is 1. The minimum atomic E-state index is -1.05. The van der Waals surface area contributed by atoms with Crippen LogP contribution in [0, 0.1) is 12.8 Å². The fourth-order valence-corrected chi connectivity index (χ4v) is 2.42. The quantitative estimate of drug-likeness (QED) is 0.836. The van der Waals surface area contributed by atoms with E-state index in [0.717, 1.165) is 12.8 Å². The predicted molar refractivity (Wildman–Crippen MR) is 72.5 cm³/mol. The number of hydrogen-bond donors (Lipinski definition) is 2. The number of piperidine rings is 1. The highest BCUT2D eigenvalue weighted by Gasteiger charge is 2.30. The molecule has 1 aromatic rings. The van der Waals surface area contributed by atoms with Crippen molar-refractivity contribution in [3.05, 3.63) is 17.5 Å². The monoisotopic (exact) mass is 278 g/mol. The van der Waals surface area contributed by atoms with Crippen LogP contribution >= 0.6 is 0 Å². The van der Waals surface area contributed by atoms with E-state index in [1.54, 1.807) is 6.92 Å². The van der Waals surface area contributed by atoms with Crippen molar-refractivity contribution in [1.82, 2.24) is 9.97 Å². The van der Waals surface area contributed by atoms with E-state index >= 15 is 0 Å². The lowest BCUT2D eigenvalue weighted by atomic mass is 9.93. The van der Waals surface area contributed by atoms with E-state index in [9.17, 15) is 9.59 Å². The summed E-state index contributed by atoms with van der Waals surface area (Å²) in [6.07, 6.45) is 2.90. The van der Waals surface area contributed by atoms with Crippen molar-refractivity contribution >= 4 is 17.8 Å². The van der Waals surface area contributed by atoms with Gasteiger partial charge in [0.2, 0.25) is 11.9 Å². The third-order valence-electron chi connectivity index (χ3n) is 3.74. The molecule has 0 bridgehead atoms. The molecule has 2 heterocycles. The Bertz CT molecular complexity index is 546. The van der Waals surface area contributed by atoms with Crippen LogP contribution in [0.15, 0.2) is 6.20 Å². The third-order valence-corrected chi connectivity index (χ3v) is 3.74. The van der Waals surface area contributed by atoms with Gasteiger partial charge in [-0.1, -0.05) is 0 Å². The largest absolute Gasteiger partial charge is 0.478 e. The molecule has 3 N–H and O–H groups in total. The van der Waals surface area contributed by atoms with E-state index in [1.807, 2.05) is 11.8 Å². The Labute approximate surface area is 116 Å². The van der Waals surface area contributed by atoms with Gasteiger partial charge in [0.25, 0.3) is 0 Å². The number of nitrogens with two attached hydrogens (primary N) is 1. The average molecular weight is 278 g/mol. The summed E-state index contributed by atoms with van der Waals surface area (Å²) < 4.78 is 0. The summed E-state index contributed by atoms with van der Waals surface area (Å²) in [5.41, 5.74) is 5.86. The molecule has 0 aromatic carbocycles. The van der Waals surface area contributed by atoms with Gasteiger partial charge < -0.3 is 15.7 Å². The van der Waals surface area contributed by atoms with Crippen LogP contribution in [-0.4, -0.2) is 39.5 Å². The highest BCUT2D eigenvalue weighted by molar-refractivity contribution is 5.88. The molecule has 0 radical (unpaired) electrons. The molecule has 7 heteroatoms. The number of anilines is 1. The van der Waals surface area contributed by atoms with Crippen LogP contribution in [0.3, 0.4) is 0 Å². The topological polar surface area (TPSA) is 109 Å². The first kappa shape index (κ1) is 14.2.